The maximum atomic E-state index is 11.8. The molecule has 0 atom stereocenters. The Hall–Kier alpha value is -2.48. The number of carbonyl (C=O) groups excluding carboxylic acids is 1. The smallest absolute Gasteiger partial charge is 0.310 e. The summed E-state index contributed by atoms with van der Waals surface area (Å²) in [5.74, 6) is 0.209. The Morgan fingerprint density at radius 1 is 1.45 bits per heavy atom. The first-order valence-corrected chi connectivity index (χ1v) is 7.63. The lowest BCUT2D eigenvalue weighted by Crippen LogP contribution is -2.20. The van der Waals surface area contributed by atoms with Gasteiger partial charge in [0, 0.05) is 17.4 Å². The molecule has 1 saturated carbocycles. The van der Waals surface area contributed by atoms with E-state index in [1.807, 2.05) is 5.38 Å². The lowest BCUT2D eigenvalue weighted by atomic mass is 10.3. The average Bonchev–Trinajstić information content (AvgIpc) is 3.26. The van der Waals surface area contributed by atoms with Gasteiger partial charge >= 0.3 is 5.69 Å². The van der Waals surface area contributed by atoms with Crippen LogP contribution in [-0.2, 0) is 4.79 Å². The fourth-order valence-corrected chi connectivity index (χ4v) is 2.75. The van der Waals surface area contributed by atoms with Crippen molar-refractivity contribution in [3.63, 3.8) is 0 Å². The van der Waals surface area contributed by atoms with E-state index in [0.717, 1.165) is 18.5 Å². The standard InChI is InChI=1S/C14H13N3O4S/c18-13(16-14-15-10(8-22-14)9-5-6-9)7-21-12-4-2-1-3-11(12)17(19)20/h1-4,8-9H,5-7H2,(H,15,16,18). The van der Waals surface area contributed by atoms with Gasteiger partial charge in [0.25, 0.3) is 5.91 Å². The minimum absolute atomic E-state index is 0.0699. The largest absolute Gasteiger partial charge is 0.477 e. The zero-order valence-corrected chi connectivity index (χ0v) is 12.3. The van der Waals surface area contributed by atoms with Crippen LogP contribution in [0.2, 0.25) is 0 Å². The lowest BCUT2D eigenvalue weighted by molar-refractivity contribution is -0.385. The number of hydrogen-bond donors (Lipinski definition) is 1. The van der Waals surface area contributed by atoms with Crippen LogP contribution in [0.25, 0.3) is 0 Å². The molecule has 1 amide bonds. The van der Waals surface area contributed by atoms with Crippen molar-refractivity contribution in [2.24, 2.45) is 0 Å². The summed E-state index contributed by atoms with van der Waals surface area (Å²) in [7, 11) is 0. The van der Waals surface area contributed by atoms with Gasteiger partial charge in [-0.15, -0.1) is 11.3 Å². The second-order valence-electron chi connectivity index (χ2n) is 4.91. The number of rotatable bonds is 6. The summed E-state index contributed by atoms with van der Waals surface area (Å²) >= 11 is 1.37. The summed E-state index contributed by atoms with van der Waals surface area (Å²) in [6, 6.07) is 5.94. The number of nitro benzene ring substituents is 1. The third-order valence-electron chi connectivity index (χ3n) is 3.18. The van der Waals surface area contributed by atoms with Gasteiger partial charge in [0.1, 0.15) is 0 Å². The Morgan fingerprint density at radius 2 is 2.23 bits per heavy atom. The van der Waals surface area contributed by atoms with E-state index in [1.54, 1.807) is 12.1 Å². The van der Waals surface area contributed by atoms with Crippen LogP contribution < -0.4 is 10.1 Å². The van der Waals surface area contributed by atoms with Gasteiger partial charge < -0.3 is 4.74 Å². The molecule has 114 valence electrons. The van der Waals surface area contributed by atoms with Crippen molar-refractivity contribution in [3.05, 3.63) is 45.5 Å². The van der Waals surface area contributed by atoms with Gasteiger partial charge in [0.15, 0.2) is 17.5 Å². The van der Waals surface area contributed by atoms with Gasteiger partial charge in [0.2, 0.25) is 0 Å². The van der Waals surface area contributed by atoms with Gasteiger partial charge in [0.05, 0.1) is 10.6 Å². The van der Waals surface area contributed by atoms with E-state index in [1.165, 1.54) is 23.5 Å². The Bertz CT molecular complexity index is 712. The number of amides is 1. The zero-order valence-electron chi connectivity index (χ0n) is 11.5. The molecule has 2 aromatic rings. The minimum Gasteiger partial charge on any atom is -0.477 e. The number of nitro groups is 1. The molecule has 0 spiro atoms. The van der Waals surface area contributed by atoms with Crippen molar-refractivity contribution < 1.29 is 14.5 Å². The third-order valence-corrected chi connectivity index (χ3v) is 3.96. The molecule has 3 rings (SSSR count). The summed E-state index contributed by atoms with van der Waals surface area (Å²) in [6.45, 7) is -0.302. The first-order chi connectivity index (χ1) is 10.6. The second-order valence-corrected chi connectivity index (χ2v) is 5.77. The molecule has 0 saturated heterocycles. The molecule has 7 nitrogen and oxygen atoms in total. The van der Waals surface area contributed by atoms with Crippen LogP contribution in [0.4, 0.5) is 10.8 Å². The Kier molecular flexibility index (Phi) is 4.01. The molecule has 1 heterocycles. The molecule has 8 heteroatoms. The lowest BCUT2D eigenvalue weighted by Gasteiger charge is -2.06. The average molecular weight is 319 g/mol. The van der Waals surface area contributed by atoms with Crippen LogP contribution in [-0.4, -0.2) is 22.4 Å². The number of nitrogens with one attached hydrogen (secondary N) is 1. The van der Waals surface area contributed by atoms with Crippen LogP contribution in [0, 0.1) is 10.1 Å². The SMILES string of the molecule is O=C(COc1ccccc1[N+](=O)[O-])Nc1nc(C2CC2)cs1. The van der Waals surface area contributed by atoms with Gasteiger partial charge in [-0.2, -0.15) is 0 Å². The zero-order chi connectivity index (χ0) is 15.5. The quantitative estimate of drug-likeness (QED) is 0.652. The van der Waals surface area contributed by atoms with Crippen LogP contribution in [0.5, 0.6) is 5.75 Å². The Labute approximate surface area is 130 Å². The summed E-state index contributed by atoms with van der Waals surface area (Å²) in [5.41, 5.74) is 0.848. The second kappa shape index (κ2) is 6.10. The maximum absolute atomic E-state index is 11.8. The number of thiazole rings is 1. The highest BCUT2D eigenvalue weighted by Crippen LogP contribution is 2.40. The summed E-state index contributed by atoms with van der Waals surface area (Å²) in [6.07, 6.45) is 2.30. The molecule has 0 aliphatic heterocycles. The predicted molar refractivity (Wildman–Crippen MR) is 81.3 cm³/mol. The van der Waals surface area contributed by atoms with Gasteiger partial charge in [-0.05, 0) is 18.9 Å². The number of ether oxygens (including phenoxy) is 1. The van der Waals surface area contributed by atoms with Gasteiger partial charge in [-0.25, -0.2) is 4.98 Å². The molecular weight excluding hydrogens is 306 g/mol. The Balaban J connectivity index is 1.56. The topological polar surface area (TPSA) is 94.4 Å². The highest BCUT2D eigenvalue weighted by Gasteiger charge is 2.26. The monoisotopic (exact) mass is 319 g/mol. The fourth-order valence-electron chi connectivity index (χ4n) is 1.94. The van der Waals surface area contributed by atoms with Gasteiger partial charge in [-0.3, -0.25) is 20.2 Å². The van der Waals surface area contributed by atoms with Crippen molar-refractivity contribution in [2.75, 3.05) is 11.9 Å². The number of benzene rings is 1. The van der Waals surface area contributed by atoms with Crippen molar-refractivity contribution >= 4 is 28.1 Å². The molecule has 1 aromatic heterocycles. The third kappa shape index (κ3) is 3.40. The van der Waals surface area contributed by atoms with E-state index in [9.17, 15) is 14.9 Å². The van der Waals surface area contributed by atoms with Crippen LogP contribution in [0.3, 0.4) is 0 Å². The molecule has 1 fully saturated rings. The summed E-state index contributed by atoms with van der Waals surface area (Å²) in [4.78, 5) is 26.5. The van der Waals surface area contributed by atoms with Crippen LogP contribution in [0.1, 0.15) is 24.5 Å². The van der Waals surface area contributed by atoms with Crippen molar-refractivity contribution in [1.82, 2.24) is 4.98 Å². The number of para-hydroxylation sites is 2. The molecule has 1 N–H and O–H groups in total. The first kappa shape index (κ1) is 14.5. The van der Waals surface area contributed by atoms with Gasteiger partial charge in [-0.1, -0.05) is 12.1 Å². The number of aromatic nitrogens is 1. The van der Waals surface area contributed by atoms with Crippen LogP contribution in [0.15, 0.2) is 29.6 Å². The first-order valence-electron chi connectivity index (χ1n) is 6.75. The van der Waals surface area contributed by atoms with E-state index in [4.69, 9.17) is 4.74 Å². The molecule has 22 heavy (non-hydrogen) atoms. The molecule has 1 aromatic carbocycles. The molecule has 0 radical (unpaired) electrons. The number of nitrogens with zero attached hydrogens (tertiary/aromatic N) is 2. The fraction of sp³-hybridized carbons (Fsp3) is 0.286. The van der Waals surface area contributed by atoms with Crippen molar-refractivity contribution in [1.29, 1.82) is 0 Å². The highest BCUT2D eigenvalue weighted by atomic mass is 32.1. The van der Waals surface area contributed by atoms with E-state index in [0.29, 0.717) is 11.0 Å². The molecule has 0 unspecified atom stereocenters. The van der Waals surface area contributed by atoms with E-state index < -0.39 is 10.8 Å². The summed E-state index contributed by atoms with van der Waals surface area (Å²) in [5, 5.41) is 16.0. The van der Waals surface area contributed by atoms with Crippen molar-refractivity contribution in [3.8, 4) is 5.75 Å². The summed E-state index contributed by atoms with van der Waals surface area (Å²) < 4.78 is 5.22. The number of hydrogen-bond acceptors (Lipinski definition) is 6. The maximum Gasteiger partial charge on any atom is 0.310 e. The van der Waals surface area contributed by atoms with Crippen molar-refractivity contribution in [2.45, 2.75) is 18.8 Å². The molecule has 1 aliphatic rings. The molecular formula is C14H13N3O4S. The Morgan fingerprint density at radius 3 is 2.95 bits per heavy atom. The normalized spacial score (nSPS) is 13.6. The van der Waals surface area contributed by atoms with E-state index >= 15 is 0 Å². The minimum atomic E-state index is -0.546. The predicted octanol–water partition coefficient (Wildman–Crippen LogP) is 2.95. The number of anilines is 1. The van der Waals surface area contributed by atoms with E-state index in [-0.39, 0.29) is 18.0 Å². The van der Waals surface area contributed by atoms with E-state index in [2.05, 4.69) is 10.3 Å². The number of carbonyl (C=O) groups is 1. The highest BCUT2D eigenvalue weighted by molar-refractivity contribution is 7.13. The van der Waals surface area contributed by atoms with Crippen LogP contribution >= 0.6 is 11.3 Å². The molecule has 0 bridgehead atoms. The molecule has 1 aliphatic carbocycles.